The lowest BCUT2D eigenvalue weighted by Crippen LogP contribution is -2.19. The molecule has 0 amide bonds. The van der Waals surface area contributed by atoms with E-state index in [1.54, 1.807) is 12.1 Å². The Morgan fingerprint density at radius 1 is 0.493 bits per heavy atom. The highest BCUT2D eigenvalue weighted by Gasteiger charge is 2.28. The van der Waals surface area contributed by atoms with Gasteiger partial charge in [0.1, 0.15) is 47.7 Å². The molecule has 8 aromatic carbocycles. The van der Waals surface area contributed by atoms with Crippen molar-refractivity contribution in [3.05, 3.63) is 189 Å². The van der Waals surface area contributed by atoms with Crippen LogP contribution in [-0.2, 0) is 50.8 Å². The van der Waals surface area contributed by atoms with Crippen LogP contribution in [0, 0.1) is 0 Å². The van der Waals surface area contributed by atoms with Crippen molar-refractivity contribution in [1.82, 2.24) is 0 Å². The highest BCUT2D eigenvalue weighted by Crippen LogP contribution is 2.46. The lowest BCUT2D eigenvalue weighted by Gasteiger charge is -2.27. The molecule has 0 fully saturated rings. The predicted molar refractivity (Wildman–Crippen MR) is 288 cm³/mol. The zero-order chi connectivity index (χ0) is 50.9. The number of esters is 1. The summed E-state index contributed by atoms with van der Waals surface area (Å²) in [6.07, 6.45) is 1.64. The van der Waals surface area contributed by atoms with Gasteiger partial charge in [-0.15, -0.1) is 0 Å². The van der Waals surface area contributed by atoms with Crippen LogP contribution in [0.2, 0.25) is 0 Å². The summed E-state index contributed by atoms with van der Waals surface area (Å²) in [5.74, 6) is 2.02. The van der Waals surface area contributed by atoms with Gasteiger partial charge >= 0.3 is 5.97 Å². The van der Waals surface area contributed by atoms with Crippen molar-refractivity contribution in [2.45, 2.75) is 78.1 Å². The molecule has 73 heavy (non-hydrogen) atoms. The van der Waals surface area contributed by atoms with Gasteiger partial charge in [-0.1, -0.05) is 163 Å². The van der Waals surface area contributed by atoms with Crippen LogP contribution < -0.4 is 18.9 Å². The van der Waals surface area contributed by atoms with E-state index >= 15 is 0 Å². The van der Waals surface area contributed by atoms with Crippen molar-refractivity contribution in [3.8, 4) is 45.6 Å². The van der Waals surface area contributed by atoms with Gasteiger partial charge in [-0.3, -0.25) is 0 Å². The molecule has 0 unspecified atom stereocenters. The fourth-order valence-electron chi connectivity index (χ4n) is 10.3. The molecule has 0 saturated carbocycles. The molecular weight excluding hydrogens is 913 g/mol. The fourth-order valence-corrected chi connectivity index (χ4v) is 10.3. The first kappa shape index (κ1) is 49.3. The number of fused-ring (bicyclic) bond motifs is 6. The van der Waals surface area contributed by atoms with Gasteiger partial charge in [0.15, 0.2) is 6.61 Å². The molecule has 9 nitrogen and oxygen atoms in total. The number of para-hydroxylation sites is 2. The molecule has 2 N–H and O–H groups in total. The molecule has 1 aliphatic heterocycles. The maximum atomic E-state index is 14.4. The summed E-state index contributed by atoms with van der Waals surface area (Å²) in [6, 6.07) is 43.9. The second-order valence-electron chi connectivity index (χ2n) is 21.3. The van der Waals surface area contributed by atoms with E-state index in [1.807, 2.05) is 97.1 Å². The monoisotopic (exact) mass is 976 g/mol. The second-order valence-corrected chi connectivity index (χ2v) is 21.3. The number of phenolic OH excluding ortho intramolecular Hbond substituents is 2. The first-order chi connectivity index (χ1) is 35.2. The van der Waals surface area contributed by atoms with Gasteiger partial charge in [0.25, 0.3) is 0 Å². The van der Waals surface area contributed by atoms with E-state index < -0.39 is 12.6 Å². The SMILES string of the molecule is CC(C)(C)c1cc2c3c(c1)Cc1cc(C(C)(C)C)cc(c1OCCOCCOCCO3)Cc1cccc(c1OCC(=O)Oc1ccc3ccccc3c1-c1c(O)ccc3ccccc13)Cc1cccc(c1O)C2. The van der Waals surface area contributed by atoms with E-state index in [-0.39, 0.29) is 22.3 Å². The Morgan fingerprint density at radius 3 is 1.47 bits per heavy atom. The zero-order valence-electron chi connectivity index (χ0n) is 42.7. The Morgan fingerprint density at radius 2 is 0.932 bits per heavy atom. The van der Waals surface area contributed by atoms with Crippen LogP contribution >= 0.6 is 0 Å². The minimum Gasteiger partial charge on any atom is -0.507 e. The minimum absolute atomic E-state index is 0.0748. The predicted octanol–water partition coefficient (Wildman–Crippen LogP) is 13.1. The maximum Gasteiger partial charge on any atom is 0.349 e. The van der Waals surface area contributed by atoms with Crippen LogP contribution in [0.15, 0.2) is 133 Å². The lowest BCUT2D eigenvalue weighted by atomic mass is 9.81. The maximum absolute atomic E-state index is 14.4. The molecule has 10 bridgehead atoms. The average Bonchev–Trinajstić information content (AvgIpc) is 3.36. The topological polar surface area (TPSA) is 113 Å². The Balaban J connectivity index is 1.10. The van der Waals surface area contributed by atoms with Gasteiger partial charge in [0, 0.05) is 36.8 Å². The van der Waals surface area contributed by atoms with Crippen molar-refractivity contribution in [2.75, 3.05) is 46.2 Å². The first-order valence-corrected chi connectivity index (χ1v) is 25.4. The number of hydrogen-bond acceptors (Lipinski definition) is 9. The highest BCUT2D eigenvalue weighted by molar-refractivity contribution is 6.10. The molecule has 0 atom stereocenters. The summed E-state index contributed by atoms with van der Waals surface area (Å²) in [6.45, 7) is 15.2. The van der Waals surface area contributed by atoms with Crippen LogP contribution in [0.1, 0.15) is 97.2 Å². The largest absolute Gasteiger partial charge is 0.507 e. The smallest absolute Gasteiger partial charge is 0.349 e. The van der Waals surface area contributed by atoms with Gasteiger partial charge < -0.3 is 38.6 Å². The molecule has 2 aliphatic rings. The average molecular weight is 977 g/mol. The molecule has 0 spiro atoms. The third-order valence-electron chi connectivity index (χ3n) is 14.0. The van der Waals surface area contributed by atoms with Crippen LogP contribution in [0.5, 0.6) is 34.5 Å². The summed E-state index contributed by atoms with van der Waals surface area (Å²) in [5, 5.41) is 27.3. The molecular formula is C64H64O9. The summed E-state index contributed by atoms with van der Waals surface area (Å²) in [4.78, 5) is 14.4. The normalized spacial score (nSPS) is 14.5. The summed E-state index contributed by atoms with van der Waals surface area (Å²) in [7, 11) is 0. The van der Waals surface area contributed by atoms with E-state index in [4.69, 9.17) is 28.4 Å². The van der Waals surface area contributed by atoms with Crippen molar-refractivity contribution in [1.29, 1.82) is 0 Å². The number of aromatic hydroxyl groups is 2. The Labute approximate surface area is 428 Å². The highest BCUT2D eigenvalue weighted by atomic mass is 16.6. The van der Waals surface area contributed by atoms with Crippen LogP contribution in [-0.4, -0.2) is 62.4 Å². The zero-order valence-corrected chi connectivity index (χ0v) is 42.7. The van der Waals surface area contributed by atoms with Crippen LogP contribution in [0.3, 0.4) is 0 Å². The fraction of sp³-hybridized carbons (Fsp3) is 0.297. The standard InChI is InChI=1S/C64H64O9/c1-63(2,3)50-35-46-32-43-16-11-15-42(59(43)67)31-44-17-12-18-45(33-47-36-51(64(4,5)6)38-49-34-48(37-50)61(46)70-29-27-68-25-26-69-28-30-71-62(47)49)60(44)72-39-56(66)73-55-24-22-41-14-8-10-20-53(41)58(55)57-52-19-9-7-13-40(52)21-23-54(57)65/h7-24,35-38,65,67H,25-34,39H2,1-6H3. The number of carbonyl (C=O) groups excluding carboxylic acids is 1. The Bertz CT molecular complexity index is 3360. The van der Waals surface area contributed by atoms with Crippen LogP contribution in [0.25, 0.3) is 32.7 Å². The third-order valence-corrected chi connectivity index (χ3v) is 14.0. The van der Waals surface area contributed by atoms with Gasteiger partial charge in [0.05, 0.1) is 26.4 Å². The number of carbonyl (C=O) groups is 1. The van der Waals surface area contributed by atoms with Crippen molar-refractivity contribution >= 4 is 27.5 Å². The van der Waals surface area contributed by atoms with Gasteiger partial charge in [0.2, 0.25) is 0 Å². The molecule has 8 aromatic rings. The first-order valence-electron chi connectivity index (χ1n) is 25.4. The van der Waals surface area contributed by atoms with E-state index in [9.17, 15) is 15.0 Å². The van der Waals surface area contributed by atoms with Crippen LogP contribution in [0.4, 0.5) is 0 Å². The Kier molecular flexibility index (Phi) is 13.9. The Hall–Kier alpha value is -7.33. The van der Waals surface area contributed by atoms with Crippen molar-refractivity contribution in [3.63, 3.8) is 0 Å². The molecule has 0 saturated heterocycles. The third kappa shape index (κ3) is 10.6. The van der Waals surface area contributed by atoms with Gasteiger partial charge in [-0.2, -0.15) is 0 Å². The van der Waals surface area contributed by atoms with E-state index in [1.165, 1.54) is 0 Å². The molecule has 10 rings (SSSR count). The molecule has 374 valence electrons. The summed E-state index contributed by atoms with van der Waals surface area (Å²) in [5.41, 5.74) is 10.2. The minimum atomic E-state index is -0.617. The molecule has 0 aromatic heterocycles. The molecule has 9 heteroatoms. The number of ether oxygens (including phenoxy) is 6. The number of benzene rings is 8. The molecule has 0 radical (unpaired) electrons. The molecule has 1 heterocycles. The van der Waals surface area contributed by atoms with E-state index in [2.05, 4.69) is 65.8 Å². The number of phenols is 2. The second kappa shape index (κ2) is 20.7. The van der Waals surface area contributed by atoms with Crippen molar-refractivity contribution < 1.29 is 43.4 Å². The van der Waals surface area contributed by atoms with E-state index in [0.717, 1.165) is 83.1 Å². The summed E-state index contributed by atoms with van der Waals surface area (Å²) >= 11 is 0. The quantitative estimate of drug-likeness (QED) is 0.129. The summed E-state index contributed by atoms with van der Waals surface area (Å²) < 4.78 is 38.7. The number of rotatable bonds is 5. The van der Waals surface area contributed by atoms with Crippen molar-refractivity contribution in [2.24, 2.45) is 0 Å². The van der Waals surface area contributed by atoms with E-state index in [0.29, 0.717) is 93.5 Å². The van der Waals surface area contributed by atoms with Gasteiger partial charge in [-0.25, -0.2) is 4.79 Å². The lowest BCUT2D eigenvalue weighted by molar-refractivity contribution is -0.136. The van der Waals surface area contributed by atoms with Gasteiger partial charge in [-0.05, 0) is 100 Å². The molecule has 1 aliphatic carbocycles. The number of hydrogen-bond donors (Lipinski definition) is 2.